The van der Waals surface area contributed by atoms with Crippen molar-refractivity contribution in [3.05, 3.63) is 46.3 Å². The zero-order valence-corrected chi connectivity index (χ0v) is 57.3. The minimum Gasteiger partial charge on any atom is -0.444 e. The molecular weight excluding hydrogens is 1220 g/mol. The first kappa shape index (κ1) is 75.9. The van der Waals surface area contributed by atoms with Crippen molar-refractivity contribution in [2.75, 3.05) is 79.3 Å². The van der Waals surface area contributed by atoms with Crippen molar-refractivity contribution < 1.29 is 91.5 Å². The van der Waals surface area contributed by atoms with Gasteiger partial charge in [-0.2, -0.15) is 0 Å². The van der Waals surface area contributed by atoms with E-state index in [2.05, 4.69) is 43.9 Å². The molecular formula is C66H107N9O19. The predicted molar refractivity (Wildman–Crippen MR) is 342 cm³/mol. The average molecular weight is 1330 g/mol. The van der Waals surface area contributed by atoms with Gasteiger partial charge in [0.25, 0.3) is 0 Å². The van der Waals surface area contributed by atoms with Crippen LogP contribution in [0.3, 0.4) is 0 Å². The van der Waals surface area contributed by atoms with E-state index in [9.17, 15) is 33.9 Å². The number of benzene rings is 1. The number of amides is 4. The zero-order valence-electron chi connectivity index (χ0n) is 57.3. The smallest absolute Gasteiger partial charge is 0.410 e. The molecule has 28 nitrogen and oxygen atoms in total. The minimum absolute atomic E-state index is 0.0488. The SMILES string of the molecule is CC(C)(C)OC(=O)N1C2COCC1CC(=O)C2.CC(C)(C)OC(=O)N1C2COCC1CC(N)C2.CC(C)(C)OC(=O)N1C2COCC1CC(N=[N+]=[N-])C2.CC(C)(C)OC(=O)N1C2COCC1CC(O)C2.O=C1CC2COCC(C1)N2Cc1ccccc1.O[C@@H]1COC[C@@H]1O. The van der Waals surface area contributed by atoms with Crippen LogP contribution in [0.15, 0.2) is 35.4 Å². The lowest BCUT2D eigenvalue weighted by Crippen LogP contribution is -2.62. The number of hydrogen-bond acceptors (Lipinski definition) is 22. The van der Waals surface area contributed by atoms with Crippen molar-refractivity contribution in [1.82, 2.24) is 24.5 Å². The Labute approximate surface area is 553 Å². The van der Waals surface area contributed by atoms with E-state index in [1.54, 1.807) is 14.7 Å². The summed E-state index contributed by atoms with van der Waals surface area (Å²) >= 11 is 0. The fourth-order valence-corrected chi connectivity index (χ4v) is 13.4. The van der Waals surface area contributed by atoms with Crippen LogP contribution < -0.4 is 5.73 Å². The number of ether oxygens (including phenoxy) is 10. The molecule has 94 heavy (non-hydrogen) atoms. The summed E-state index contributed by atoms with van der Waals surface area (Å²) in [5.41, 5.74) is 13.9. The maximum Gasteiger partial charge on any atom is 0.410 e. The Morgan fingerprint density at radius 3 is 1.07 bits per heavy atom. The van der Waals surface area contributed by atoms with Gasteiger partial charge in [-0.25, -0.2) is 19.2 Å². The number of ketones is 2. The van der Waals surface area contributed by atoms with Crippen LogP contribution in [0.2, 0.25) is 0 Å². The van der Waals surface area contributed by atoms with Gasteiger partial charge >= 0.3 is 24.4 Å². The highest BCUT2D eigenvalue weighted by atomic mass is 16.6. The highest BCUT2D eigenvalue weighted by molar-refractivity contribution is 5.83. The summed E-state index contributed by atoms with van der Waals surface area (Å²) in [4.78, 5) is 84.0. The number of carbonyl (C=O) groups excluding carboxylic acids is 6. The van der Waals surface area contributed by atoms with Gasteiger partial charge in [-0.05, 0) is 133 Å². The van der Waals surface area contributed by atoms with Crippen LogP contribution in [-0.4, -0.2) is 268 Å². The Kier molecular flexibility index (Phi) is 27.2. The van der Waals surface area contributed by atoms with Gasteiger partial charge in [0.1, 0.15) is 46.2 Å². The number of aliphatic hydroxyl groups excluding tert-OH is 3. The van der Waals surface area contributed by atoms with E-state index in [0.717, 1.165) is 19.4 Å². The van der Waals surface area contributed by atoms with Crippen molar-refractivity contribution >= 4 is 35.9 Å². The number of azide groups is 1. The van der Waals surface area contributed by atoms with Crippen LogP contribution in [0.25, 0.3) is 10.4 Å². The molecule has 5 N–H and O–H groups in total. The summed E-state index contributed by atoms with van der Waals surface area (Å²) in [6.45, 7) is 29.1. The van der Waals surface area contributed by atoms with Gasteiger partial charge in [0.15, 0.2) is 0 Å². The molecule has 10 unspecified atom stereocenters. The van der Waals surface area contributed by atoms with Crippen molar-refractivity contribution in [1.29, 1.82) is 0 Å². The number of aliphatic hydroxyl groups is 3. The summed E-state index contributed by atoms with van der Waals surface area (Å²) in [5.74, 6) is 0.607. The van der Waals surface area contributed by atoms with Crippen molar-refractivity contribution in [2.45, 2.75) is 267 Å². The van der Waals surface area contributed by atoms with Crippen molar-refractivity contribution in [3.8, 4) is 0 Å². The molecule has 11 aliphatic rings. The molecule has 0 spiro atoms. The Hall–Kier alpha value is -5.49. The summed E-state index contributed by atoms with van der Waals surface area (Å²) in [7, 11) is 0. The molecule has 0 radical (unpaired) electrons. The number of hydrogen-bond donors (Lipinski definition) is 4. The standard InChI is InChI=1S/C14H17NO2.C12H20N4O3.C12H22N2O3.C12H21NO4.C12H19NO4.C4H8O3/c16-14-6-12-9-17-10-13(7-14)15(12)8-11-4-2-1-3-5-11;1-12(2,3)19-11(17)16-9-4-8(14-15-13)5-10(16)7-18-6-9;1-12(2,3)17-11(15)14-9-4-8(13)5-10(14)7-16-6-9;2*1-12(2,3)17-11(15)13-8-4-10(14)5-9(13)7-16-6-8;5-3-1-7-2-4(3)6/h1-5,12-13H,6-10H2;8-10H,4-7H2,1-3H3;8-10H,4-7,13H2,1-3H3;8-10,14H,4-7H2,1-3H3;8-9H,4-7H2,1-3H3;3-6H,1-2H2/t;;;;;3-,4+. The van der Waals surface area contributed by atoms with E-state index in [4.69, 9.17) is 64.1 Å². The Morgan fingerprint density at radius 2 is 0.755 bits per heavy atom. The maximum absolute atomic E-state index is 12.2. The number of nitrogens with two attached hydrogens (primary N) is 1. The summed E-state index contributed by atoms with van der Waals surface area (Å²) in [6.07, 6.45) is 3.33. The third-order valence-corrected chi connectivity index (χ3v) is 17.2. The highest BCUT2D eigenvalue weighted by Crippen LogP contribution is 2.34. The predicted octanol–water partition coefficient (Wildman–Crippen LogP) is 6.43. The second-order valence-electron chi connectivity index (χ2n) is 30.2. The number of carbonyl (C=O) groups is 6. The molecule has 11 saturated heterocycles. The molecule has 530 valence electrons. The number of morpholine rings is 5. The summed E-state index contributed by atoms with van der Waals surface area (Å²) < 4.78 is 53.7. The number of Topliss-reactive ketones (excluding diaryl/α,β-unsaturated/α-hetero) is 2. The molecule has 0 aromatic heterocycles. The second-order valence-corrected chi connectivity index (χ2v) is 30.2. The summed E-state index contributed by atoms with van der Waals surface area (Å²) in [6, 6.07) is 10.8. The fraction of sp³-hybridized carbons (Fsp3) is 0.818. The first-order chi connectivity index (χ1) is 44.1. The third kappa shape index (κ3) is 23.1. The van der Waals surface area contributed by atoms with Gasteiger partial charge in [-0.3, -0.25) is 34.1 Å². The highest BCUT2D eigenvalue weighted by Gasteiger charge is 2.47. The van der Waals surface area contributed by atoms with Crippen LogP contribution in [0, 0.1) is 0 Å². The van der Waals surface area contributed by atoms with Gasteiger partial charge in [-0.1, -0.05) is 35.4 Å². The number of nitrogens with zero attached hydrogens (tertiary/aromatic N) is 8. The van der Waals surface area contributed by atoms with E-state index in [1.165, 1.54) is 5.56 Å². The molecule has 1 aromatic rings. The molecule has 12 atom stereocenters. The molecule has 11 aliphatic heterocycles. The number of piperidine rings is 5. The Morgan fingerprint density at radius 1 is 0.468 bits per heavy atom. The lowest BCUT2D eigenvalue weighted by molar-refractivity contribution is -0.136. The van der Waals surface area contributed by atoms with Crippen LogP contribution in [0.1, 0.15) is 153 Å². The van der Waals surface area contributed by atoms with E-state index >= 15 is 0 Å². The monoisotopic (exact) mass is 1330 g/mol. The van der Waals surface area contributed by atoms with Gasteiger partial charge in [0, 0.05) is 61.3 Å². The van der Waals surface area contributed by atoms with Gasteiger partial charge in [-0.15, -0.1) is 0 Å². The van der Waals surface area contributed by atoms with Crippen molar-refractivity contribution in [2.24, 2.45) is 10.8 Å². The van der Waals surface area contributed by atoms with Crippen LogP contribution in [0.5, 0.6) is 0 Å². The molecule has 12 rings (SSSR count). The van der Waals surface area contributed by atoms with Gasteiger partial charge in [0.05, 0.1) is 134 Å². The lowest BCUT2D eigenvalue weighted by Gasteiger charge is -2.47. The van der Waals surface area contributed by atoms with Gasteiger partial charge < -0.3 is 68.4 Å². The van der Waals surface area contributed by atoms with Gasteiger partial charge in [0.2, 0.25) is 0 Å². The summed E-state index contributed by atoms with van der Waals surface area (Å²) in [5, 5.41) is 30.7. The van der Waals surface area contributed by atoms with Crippen LogP contribution >= 0.6 is 0 Å². The lowest BCUT2D eigenvalue weighted by atomic mass is 9.91. The minimum atomic E-state index is -0.653. The zero-order chi connectivity index (χ0) is 68.9. The fourth-order valence-electron chi connectivity index (χ4n) is 13.4. The largest absolute Gasteiger partial charge is 0.444 e. The first-order valence-corrected chi connectivity index (χ1v) is 33.3. The first-order valence-electron chi connectivity index (χ1n) is 33.3. The Bertz CT molecular complexity index is 2560. The van der Waals surface area contributed by atoms with E-state index in [1.807, 2.05) is 94.1 Å². The molecule has 4 amide bonds. The van der Waals surface area contributed by atoms with E-state index < -0.39 is 34.6 Å². The molecule has 0 aliphatic carbocycles. The molecule has 10 bridgehead atoms. The molecule has 0 saturated carbocycles. The third-order valence-electron chi connectivity index (χ3n) is 17.2. The molecule has 11 fully saturated rings. The second kappa shape index (κ2) is 33.6. The van der Waals surface area contributed by atoms with E-state index in [-0.39, 0.29) is 122 Å². The quantitative estimate of drug-likeness (QED) is 0.110. The Balaban J connectivity index is 0.000000162. The van der Waals surface area contributed by atoms with E-state index in [0.29, 0.717) is 123 Å². The van der Waals surface area contributed by atoms with Crippen LogP contribution in [0.4, 0.5) is 19.2 Å². The van der Waals surface area contributed by atoms with Crippen LogP contribution in [-0.2, 0) is 63.5 Å². The maximum atomic E-state index is 12.2. The molecule has 28 heteroatoms. The topological polar surface area (TPSA) is 346 Å². The molecule has 1 aromatic carbocycles. The number of rotatable bonds is 3. The normalized spacial score (nSPS) is 31.9. The number of fused-ring (bicyclic) bond motifs is 10. The average Bonchev–Trinajstić information content (AvgIpc) is 1.03. The molecule has 11 heterocycles. The van der Waals surface area contributed by atoms with Crippen molar-refractivity contribution in [3.63, 3.8) is 0 Å².